The van der Waals surface area contributed by atoms with Crippen LogP contribution in [-0.2, 0) is 21.4 Å². The van der Waals surface area contributed by atoms with Crippen LogP contribution in [-0.4, -0.2) is 41.7 Å². The smallest absolute Gasteiger partial charge is 0.264 e. The number of hydrogen-bond donors (Lipinski definition) is 1. The summed E-state index contributed by atoms with van der Waals surface area (Å²) in [6, 6.07) is 19.9. The minimum Gasteiger partial charge on any atom is -0.494 e. The van der Waals surface area contributed by atoms with Gasteiger partial charge in [0.15, 0.2) is 11.5 Å². The van der Waals surface area contributed by atoms with Crippen LogP contribution in [0.1, 0.15) is 12.5 Å². The molecule has 0 aliphatic rings. The average Bonchev–Trinajstić information content (AvgIpc) is 2.87. The van der Waals surface area contributed by atoms with Crippen LogP contribution >= 0.6 is 0 Å². The van der Waals surface area contributed by atoms with E-state index in [1.54, 1.807) is 67.8 Å². The van der Waals surface area contributed by atoms with E-state index >= 15 is 0 Å². The molecule has 0 bridgehead atoms. The average molecular weight is 485 g/mol. The first-order valence-corrected chi connectivity index (χ1v) is 12.1. The summed E-state index contributed by atoms with van der Waals surface area (Å²) in [6.45, 7) is 2.16. The number of ether oxygens (including phenoxy) is 3. The molecule has 34 heavy (non-hydrogen) atoms. The van der Waals surface area contributed by atoms with E-state index in [1.807, 2.05) is 6.92 Å². The molecule has 1 N–H and O–H groups in total. The fourth-order valence-electron chi connectivity index (χ4n) is 3.29. The Bertz CT molecular complexity index is 1200. The normalized spacial score (nSPS) is 10.9. The Hall–Kier alpha value is -3.72. The Kier molecular flexibility index (Phi) is 8.37. The molecule has 3 rings (SSSR count). The first kappa shape index (κ1) is 24.9. The van der Waals surface area contributed by atoms with Crippen molar-refractivity contribution in [3.8, 4) is 17.2 Å². The molecule has 0 aliphatic carbocycles. The standard InChI is InChI=1S/C25H28N2O6S/c1-4-33-21-13-11-20(12-14-21)27(34(29,30)22-8-6-5-7-9-22)18-25(28)26-17-19-10-15-23(31-2)24(16-19)32-3/h5-16H,4,17-18H2,1-3H3,(H,26,28). The minimum absolute atomic E-state index is 0.0941. The number of hydrogen-bond acceptors (Lipinski definition) is 6. The number of anilines is 1. The van der Waals surface area contributed by atoms with Gasteiger partial charge in [0.05, 0.1) is 31.4 Å². The molecular formula is C25H28N2O6S. The second kappa shape index (κ2) is 11.4. The van der Waals surface area contributed by atoms with Gasteiger partial charge in [0, 0.05) is 6.54 Å². The van der Waals surface area contributed by atoms with Crippen LogP contribution in [0.25, 0.3) is 0 Å². The molecule has 3 aromatic carbocycles. The third-order valence-electron chi connectivity index (χ3n) is 4.99. The Balaban J connectivity index is 1.81. The zero-order chi connectivity index (χ0) is 24.6. The highest BCUT2D eigenvalue weighted by atomic mass is 32.2. The molecular weight excluding hydrogens is 456 g/mol. The summed E-state index contributed by atoms with van der Waals surface area (Å²) in [5.41, 5.74) is 1.14. The summed E-state index contributed by atoms with van der Waals surface area (Å²) in [5.74, 6) is 1.27. The molecule has 0 saturated heterocycles. The van der Waals surface area contributed by atoms with Gasteiger partial charge in [0.1, 0.15) is 12.3 Å². The minimum atomic E-state index is -3.98. The van der Waals surface area contributed by atoms with Gasteiger partial charge in [-0.1, -0.05) is 24.3 Å². The molecule has 3 aromatic rings. The monoisotopic (exact) mass is 484 g/mol. The van der Waals surface area contributed by atoms with Gasteiger partial charge in [0.25, 0.3) is 10.0 Å². The summed E-state index contributed by atoms with van der Waals surface area (Å²) in [5, 5.41) is 2.78. The number of nitrogens with zero attached hydrogens (tertiary/aromatic N) is 1. The van der Waals surface area contributed by atoms with Crippen molar-refractivity contribution in [1.82, 2.24) is 5.32 Å². The molecule has 0 spiro atoms. The van der Waals surface area contributed by atoms with Crippen molar-refractivity contribution >= 4 is 21.6 Å². The largest absolute Gasteiger partial charge is 0.494 e. The van der Waals surface area contributed by atoms with Crippen molar-refractivity contribution in [1.29, 1.82) is 0 Å². The number of amides is 1. The van der Waals surface area contributed by atoms with Crippen molar-refractivity contribution in [3.05, 3.63) is 78.4 Å². The quantitative estimate of drug-likeness (QED) is 0.447. The molecule has 0 aliphatic heterocycles. The highest BCUT2D eigenvalue weighted by Crippen LogP contribution is 2.28. The van der Waals surface area contributed by atoms with Crippen LogP contribution in [0.5, 0.6) is 17.2 Å². The summed E-state index contributed by atoms with van der Waals surface area (Å²) in [4.78, 5) is 12.9. The van der Waals surface area contributed by atoms with E-state index in [4.69, 9.17) is 14.2 Å². The Morgan fingerprint density at radius 1 is 0.912 bits per heavy atom. The number of benzene rings is 3. The van der Waals surface area contributed by atoms with Crippen molar-refractivity contribution in [3.63, 3.8) is 0 Å². The van der Waals surface area contributed by atoms with E-state index in [1.165, 1.54) is 19.2 Å². The Labute approximate surface area is 200 Å². The van der Waals surface area contributed by atoms with Gasteiger partial charge in [0.2, 0.25) is 5.91 Å². The molecule has 0 fully saturated rings. The molecule has 9 heteroatoms. The topological polar surface area (TPSA) is 94.2 Å². The number of nitrogens with one attached hydrogen (secondary N) is 1. The van der Waals surface area contributed by atoms with Gasteiger partial charge in [-0.05, 0) is 61.0 Å². The number of carbonyl (C=O) groups excluding carboxylic acids is 1. The lowest BCUT2D eigenvalue weighted by Gasteiger charge is -2.24. The van der Waals surface area contributed by atoms with E-state index in [2.05, 4.69) is 5.32 Å². The lowest BCUT2D eigenvalue weighted by molar-refractivity contribution is -0.119. The van der Waals surface area contributed by atoms with Crippen molar-refractivity contribution in [2.45, 2.75) is 18.4 Å². The van der Waals surface area contributed by atoms with Crippen LogP contribution in [0, 0.1) is 0 Å². The van der Waals surface area contributed by atoms with Gasteiger partial charge in [-0.2, -0.15) is 0 Å². The molecule has 180 valence electrons. The Morgan fingerprint density at radius 3 is 2.21 bits per heavy atom. The third kappa shape index (κ3) is 5.99. The van der Waals surface area contributed by atoms with E-state index in [0.717, 1.165) is 9.87 Å². The highest BCUT2D eigenvalue weighted by Gasteiger charge is 2.27. The summed E-state index contributed by atoms with van der Waals surface area (Å²) in [7, 11) is -0.907. The lowest BCUT2D eigenvalue weighted by atomic mass is 10.2. The summed E-state index contributed by atoms with van der Waals surface area (Å²) < 4.78 is 43.8. The zero-order valence-corrected chi connectivity index (χ0v) is 20.2. The Morgan fingerprint density at radius 2 is 1.59 bits per heavy atom. The molecule has 0 unspecified atom stereocenters. The van der Waals surface area contributed by atoms with Crippen LogP contribution in [0.15, 0.2) is 77.7 Å². The molecule has 8 nitrogen and oxygen atoms in total. The molecule has 0 radical (unpaired) electrons. The van der Waals surface area contributed by atoms with E-state index in [0.29, 0.717) is 29.5 Å². The van der Waals surface area contributed by atoms with Gasteiger partial charge >= 0.3 is 0 Å². The van der Waals surface area contributed by atoms with Crippen LogP contribution in [0.3, 0.4) is 0 Å². The van der Waals surface area contributed by atoms with Gasteiger partial charge in [-0.3, -0.25) is 9.10 Å². The van der Waals surface area contributed by atoms with E-state index in [9.17, 15) is 13.2 Å². The first-order valence-electron chi connectivity index (χ1n) is 10.7. The first-order chi connectivity index (χ1) is 16.4. The van der Waals surface area contributed by atoms with Crippen LogP contribution in [0.4, 0.5) is 5.69 Å². The van der Waals surface area contributed by atoms with E-state index in [-0.39, 0.29) is 11.4 Å². The number of sulfonamides is 1. The SMILES string of the molecule is CCOc1ccc(N(CC(=O)NCc2ccc(OC)c(OC)c2)S(=O)(=O)c2ccccc2)cc1. The maximum Gasteiger partial charge on any atom is 0.264 e. The fraction of sp³-hybridized carbons (Fsp3) is 0.240. The predicted octanol–water partition coefficient (Wildman–Crippen LogP) is 3.61. The zero-order valence-electron chi connectivity index (χ0n) is 19.4. The molecule has 0 aromatic heterocycles. The van der Waals surface area contributed by atoms with Crippen molar-refractivity contribution in [2.75, 3.05) is 31.7 Å². The maximum absolute atomic E-state index is 13.4. The van der Waals surface area contributed by atoms with Gasteiger partial charge in [-0.15, -0.1) is 0 Å². The van der Waals surface area contributed by atoms with Gasteiger partial charge < -0.3 is 19.5 Å². The third-order valence-corrected chi connectivity index (χ3v) is 6.78. The summed E-state index contributed by atoms with van der Waals surface area (Å²) >= 11 is 0. The second-order valence-corrected chi connectivity index (χ2v) is 9.08. The van der Waals surface area contributed by atoms with Crippen LogP contribution in [0.2, 0.25) is 0 Å². The number of methoxy groups -OCH3 is 2. The molecule has 1 amide bonds. The van der Waals surface area contributed by atoms with Gasteiger partial charge in [-0.25, -0.2) is 8.42 Å². The lowest BCUT2D eigenvalue weighted by Crippen LogP contribution is -2.40. The highest BCUT2D eigenvalue weighted by molar-refractivity contribution is 7.92. The van der Waals surface area contributed by atoms with Crippen molar-refractivity contribution < 1.29 is 27.4 Å². The predicted molar refractivity (Wildman–Crippen MR) is 130 cm³/mol. The number of rotatable bonds is 11. The summed E-state index contributed by atoms with van der Waals surface area (Å²) in [6.07, 6.45) is 0. The van der Waals surface area contributed by atoms with E-state index < -0.39 is 22.5 Å². The molecule has 0 atom stereocenters. The second-order valence-electron chi connectivity index (χ2n) is 7.22. The number of carbonyl (C=O) groups is 1. The van der Waals surface area contributed by atoms with Crippen LogP contribution < -0.4 is 23.8 Å². The molecule has 0 heterocycles. The maximum atomic E-state index is 13.4. The molecule has 0 saturated carbocycles. The van der Waals surface area contributed by atoms with Crippen molar-refractivity contribution in [2.24, 2.45) is 0 Å². The fourth-order valence-corrected chi connectivity index (χ4v) is 4.73.